The Morgan fingerprint density at radius 1 is 1.50 bits per heavy atom. The zero-order valence-electron chi connectivity index (χ0n) is 10.6. The lowest BCUT2D eigenvalue weighted by Crippen LogP contribution is -2.12. The summed E-state index contributed by atoms with van der Waals surface area (Å²) in [7, 11) is 0. The normalized spacial score (nSPS) is 17.2. The fraction of sp³-hybridized carbons (Fsp3) is 0.500. The summed E-state index contributed by atoms with van der Waals surface area (Å²) in [6, 6.07) is 6.88. The summed E-state index contributed by atoms with van der Waals surface area (Å²) in [5, 5.41) is 0. The van der Waals surface area contributed by atoms with Gasteiger partial charge in [0.25, 0.3) is 0 Å². The highest BCUT2D eigenvalue weighted by Gasteiger charge is 2.27. The van der Waals surface area contributed by atoms with Gasteiger partial charge in [-0.2, -0.15) is 0 Å². The van der Waals surface area contributed by atoms with E-state index >= 15 is 0 Å². The highest BCUT2D eigenvalue weighted by atomic mass is 127. The van der Waals surface area contributed by atoms with Crippen molar-refractivity contribution in [3.05, 3.63) is 21.8 Å². The molecule has 1 fully saturated rings. The van der Waals surface area contributed by atoms with Crippen LogP contribution in [0.3, 0.4) is 0 Å². The second-order valence-electron chi connectivity index (χ2n) is 5.21. The first-order chi connectivity index (χ1) is 8.69. The number of imidazole rings is 1. The SMILES string of the molecule is CCC(CC1CC1)n1c(N)nc2cc(I)ccc21. The molecule has 0 saturated heterocycles. The Kier molecular flexibility index (Phi) is 3.21. The van der Waals surface area contributed by atoms with E-state index in [-0.39, 0.29) is 0 Å². The number of nitrogen functional groups attached to an aromatic ring is 1. The van der Waals surface area contributed by atoms with E-state index in [9.17, 15) is 0 Å². The van der Waals surface area contributed by atoms with Crippen molar-refractivity contribution in [2.75, 3.05) is 5.73 Å². The van der Waals surface area contributed by atoms with Crippen molar-refractivity contribution in [3.63, 3.8) is 0 Å². The third-order valence-corrected chi connectivity index (χ3v) is 4.49. The molecular weight excluding hydrogens is 337 g/mol. The van der Waals surface area contributed by atoms with E-state index in [1.165, 1.54) is 28.3 Å². The van der Waals surface area contributed by atoms with Gasteiger partial charge in [-0.1, -0.05) is 19.8 Å². The lowest BCUT2D eigenvalue weighted by atomic mass is 10.1. The van der Waals surface area contributed by atoms with Gasteiger partial charge in [0.2, 0.25) is 5.95 Å². The van der Waals surface area contributed by atoms with E-state index in [2.05, 4.69) is 57.3 Å². The fourth-order valence-corrected chi connectivity index (χ4v) is 3.14. The number of nitrogens with zero attached hydrogens (tertiary/aromatic N) is 2. The third-order valence-electron chi connectivity index (χ3n) is 3.82. The van der Waals surface area contributed by atoms with E-state index < -0.39 is 0 Å². The van der Waals surface area contributed by atoms with E-state index in [0.717, 1.165) is 17.9 Å². The Labute approximate surface area is 121 Å². The molecule has 1 saturated carbocycles. The van der Waals surface area contributed by atoms with Crippen LogP contribution in [0.5, 0.6) is 0 Å². The first kappa shape index (κ1) is 12.3. The molecule has 0 radical (unpaired) electrons. The number of nitrogens with two attached hydrogens (primary N) is 1. The second kappa shape index (κ2) is 4.72. The maximum Gasteiger partial charge on any atom is 0.201 e. The molecule has 0 bridgehead atoms. The first-order valence-corrected chi connectivity index (χ1v) is 7.70. The number of hydrogen-bond donors (Lipinski definition) is 1. The van der Waals surface area contributed by atoms with Gasteiger partial charge in [-0.05, 0) is 59.5 Å². The van der Waals surface area contributed by atoms with E-state index in [4.69, 9.17) is 5.73 Å². The summed E-state index contributed by atoms with van der Waals surface area (Å²) in [4.78, 5) is 4.51. The smallest absolute Gasteiger partial charge is 0.201 e. The monoisotopic (exact) mass is 355 g/mol. The summed E-state index contributed by atoms with van der Waals surface area (Å²) in [6.45, 7) is 2.24. The summed E-state index contributed by atoms with van der Waals surface area (Å²) in [6.07, 6.45) is 5.15. The van der Waals surface area contributed by atoms with Gasteiger partial charge >= 0.3 is 0 Å². The molecule has 3 nitrogen and oxygen atoms in total. The fourth-order valence-electron chi connectivity index (χ4n) is 2.67. The van der Waals surface area contributed by atoms with Crippen LogP contribution in [0.4, 0.5) is 5.95 Å². The van der Waals surface area contributed by atoms with Crippen molar-refractivity contribution in [1.29, 1.82) is 0 Å². The minimum atomic E-state index is 0.502. The van der Waals surface area contributed by atoms with Crippen LogP contribution in [0.2, 0.25) is 0 Å². The van der Waals surface area contributed by atoms with Gasteiger partial charge in [-0.15, -0.1) is 0 Å². The number of hydrogen-bond acceptors (Lipinski definition) is 2. The van der Waals surface area contributed by atoms with E-state index in [1.807, 2.05) is 0 Å². The molecule has 1 aromatic heterocycles. The van der Waals surface area contributed by atoms with Gasteiger partial charge in [0, 0.05) is 9.61 Å². The van der Waals surface area contributed by atoms with E-state index in [0.29, 0.717) is 12.0 Å². The van der Waals surface area contributed by atoms with Crippen LogP contribution < -0.4 is 5.73 Å². The predicted octanol–water partition coefficient (Wildman–Crippen LogP) is 3.97. The molecule has 1 heterocycles. The van der Waals surface area contributed by atoms with Crippen molar-refractivity contribution in [1.82, 2.24) is 9.55 Å². The number of aromatic nitrogens is 2. The zero-order chi connectivity index (χ0) is 12.7. The molecule has 18 heavy (non-hydrogen) atoms. The molecule has 4 heteroatoms. The maximum absolute atomic E-state index is 6.13. The molecule has 2 aromatic rings. The number of anilines is 1. The van der Waals surface area contributed by atoms with Gasteiger partial charge in [0.15, 0.2) is 0 Å². The van der Waals surface area contributed by atoms with Crippen molar-refractivity contribution in [3.8, 4) is 0 Å². The Morgan fingerprint density at radius 3 is 2.94 bits per heavy atom. The first-order valence-electron chi connectivity index (χ1n) is 6.62. The standard InChI is InChI=1S/C14H18IN3/c1-2-11(7-9-3-4-9)18-13-6-5-10(15)8-12(13)17-14(18)16/h5-6,8-9,11H,2-4,7H2,1H3,(H2,16,17). The Morgan fingerprint density at radius 2 is 2.28 bits per heavy atom. The van der Waals surface area contributed by atoms with Crippen LogP contribution in [-0.2, 0) is 0 Å². The summed E-state index contributed by atoms with van der Waals surface area (Å²) < 4.78 is 3.45. The summed E-state index contributed by atoms with van der Waals surface area (Å²) in [5.41, 5.74) is 8.33. The largest absolute Gasteiger partial charge is 0.369 e. The van der Waals surface area contributed by atoms with Crippen molar-refractivity contribution < 1.29 is 0 Å². The molecule has 96 valence electrons. The van der Waals surface area contributed by atoms with Crippen LogP contribution in [0.25, 0.3) is 11.0 Å². The van der Waals surface area contributed by atoms with Gasteiger partial charge in [-0.3, -0.25) is 0 Å². The predicted molar refractivity (Wildman–Crippen MR) is 83.5 cm³/mol. The van der Waals surface area contributed by atoms with Crippen molar-refractivity contribution in [2.45, 2.75) is 38.6 Å². The number of halogens is 1. The minimum Gasteiger partial charge on any atom is -0.369 e. The van der Waals surface area contributed by atoms with Gasteiger partial charge < -0.3 is 10.3 Å². The van der Waals surface area contributed by atoms with Crippen LogP contribution in [-0.4, -0.2) is 9.55 Å². The molecule has 1 aromatic carbocycles. The molecule has 2 N–H and O–H groups in total. The Bertz CT molecular complexity index is 572. The molecule has 0 amide bonds. The third kappa shape index (κ3) is 2.22. The van der Waals surface area contributed by atoms with Crippen molar-refractivity contribution >= 4 is 39.6 Å². The number of benzene rings is 1. The van der Waals surface area contributed by atoms with Gasteiger partial charge in [0.1, 0.15) is 0 Å². The topological polar surface area (TPSA) is 43.8 Å². The second-order valence-corrected chi connectivity index (χ2v) is 6.46. The maximum atomic E-state index is 6.13. The van der Waals surface area contributed by atoms with Gasteiger partial charge in [0.05, 0.1) is 11.0 Å². The van der Waals surface area contributed by atoms with E-state index in [1.54, 1.807) is 0 Å². The molecule has 1 aliphatic rings. The summed E-state index contributed by atoms with van der Waals surface area (Å²) >= 11 is 2.32. The number of fused-ring (bicyclic) bond motifs is 1. The Hall–Kier alpha value is -0.780. The average Bonchev–Trinajstić information content (AvgIpc) is 3.09. The lowest BCUT2D eigenvalue weighted by molar-refractivity contribution is 0.442. The van der Waals surface area contributed by atoms with Crippen LogP contribution >= 0.6 is 22.6 Å². The molecule has 3 rings (SSSR count). The van der Waals surface area contributed by atoms with Crippen molar-refractivity contribution in [2.24, 2.45) is 5.92 Å². The molecular formula is C14H18IN3. The molecule has 0 aliphatic heterocycles. The van der Waals surface area contributed by atoms with Crippen LogP contribution in [0.1, 0.15) is 38.6 Å². The highest BCUT2D eigenvalue weighted by molar-refractivity contribution is 14.1. The molecule has 1 atom stereocenters. The number of rotatable bonds is 4. The minimum absolute atomic E-state index is 0.502. The molecule has 0 spiro atoms. The molecule has 1 aliphatic carbocycles. The van der Waals surface area contributed by atoms with Crippen LogP contribution in [0, 0.1) is 9.49 Å². The molecule has 1 unspecified atom stereocenters. The zero-order valence-corrected chi connectivity index (χ0v) is 12.7. The lowest BCUT2D eigenvalue weighted by Gasteiger charge is -2.18. The van der Waals surface area contributed by atoms with Crippen LogP contribution in [0.15, 0.2) is 18.2 Å². The van der Waals surface area contributed by atoms with Gasteiger partial charge in [-0.25, -0.2) is 4.98 Å². The Balaban J connectivity index is 2.05. The summed E-state index contributed by atoms with van der Waals surface area (Å²) in [5.74, 6) is 1.58. The highest BCUT2D eigenvalue weighted by Crippen LogP contribution is 2.39. The quantitative estimate of drug-likeness (QED) is 0.844. The average molecular weight is 355 g/mol.